The van der Waals surface area contributed by atoms with Gasteiger partial charge >= 0.3 is 0 Å². The molecule has 0 aliphatic rings. The van der Waals surface area contributed by atoms with Crippen molar-refractivity contribution in [3.8, 4) is 0 Å². The average Bonchev–Trinajstić information content (AvgIpc) is 2.26. The number of carbonyl (C=O) groups excluding carboxylic acids is 1. The lowest BCUT2D eigenvalue weighted by atomic mass is 9.87. The zero-order valence-electron chi connectivity index (χ0n) is 12.3. The van der Waals surface area contributed by atoms with Crippen molar-refractivity contribution in [1.82, 2.24) is 4.90 Å². The number of hydrogen-bond acceptors (Lipinski definition) is 2. The molecular formula is C16H25NO. The fraction of sp³-hybridized carbons (Fsp3) is 0.562. The van der Waals surface area contributed by atoms with Crippen molar-refractivity contribution in [3.63, 3.8) is 0 Å². The third-order valence-corrected chi connectivity index (χ3v) is 3.12. The predicted molar refractivity (Wildman–Crippen MR) is 76.8 cm³/mol. The molecule has 0 atom stereocenters. The van der Waals surface area contributed by atoms with E-state index in [0.717, 1.165) is 13.1 Å². The highest BCUT2D eigenvalue weighted by molar-refractivity contribution is 5.75. The molecule has 0 radical (unpaired) electrons. The highest BCUT2D eigenvalue weighted by Crippen LogP contribution is 2.22. The van der Waals surface area contributed by atoms with Gasteiger partial charge < -0.3 is 4.90 Å². The molecule has 2 heteroatoms. The molecule has 0 aromatic heterocycles. The summed E-state index contributed by atoms with van der Waals surface area (Å²) in [4.78, 5) is 13.1. The van der Waals surface area contributed by atoms with Crippen LogP contribution in [0.3, 0.4) is 0 Å². The Kier molecular flexibility index (Phi) is 5.09. The Morgan fingerprint density at radius 1 is 1.17 bits per heavy atom. The van der Waals surface area contributed by atoms with Crippen LogP contribution in [-0.4, -0.2) is 24.3 Å². The van der Waals surface area contributed by atoms with Crippen LogP contribution in [-0.2, 0) is 16.8 Å². The average molecular weight is 247 g/mol. The van der Waals surface area contributed by atoms with Gasteiger partial charge in [-0.3, -0.25) is 4.79 Å². The minimum absolute atomic E-state index is 0.207. The summed E-state index contributed by atoms with van der Waals surface area (Å²) in [6.07, 6.45) is 0.635. The van der Waals surface area contributed by atoms with Crippen molar-refractivity contribution in [1.29, 1.82) is 0 Å². The molecule has 2 nitrogen and oxygen atoms in total. The Bertz CT molecular complexity index is 387. The van der Waals surface area contributed by atoms with Gasteiger partial charge in [-0.25, -0.2) is 0 Å². The fourth-order valence-corrected chi connectivity index (χ4v) is 1.85. The highest BCUT2D eigenvalue weighted by Gasteiger charge is 2.12. The standard InChI is InChI=1S/C16H25NO/c1-13(18)10-11-17(5)12-14-6-8-15(9-7-14)16(2,3)4/h6-9H,10-12H2,1-5H3. The lowest BCUT2D eigenvalue weighted by Crippen LogP contribution is -2.21. The van der Waals surface area contributed by atoms with Crippen molar-refractivity contribution in [2.45, 2.75) is 46.1 Å². The van der Waals surface area contributed by atoms with Gasteiger partial charge in [0.15, 0.2) is 0 Å². The second-order valence-corrected chi connectivity index (χ2v) is 6.14. The Labute approximate surface area is 111 Å². The second kappa shape index (κ2) is 6.14. The third kappa shape index (κ3) is 5.01. The highest BCUT2D eigenvalue weighted by atomic mass is 16.1. The van der Waals surface area contributed by atoms with Crippen molar-refractivity contribution in [3.05, 3.63) is 35.4 Å². The molecule has 0 aliphatic carbocycles. The zero-order chi connectivity index (χ0) is 13.8. The fourth-order valence-electron chi connectivity index (χ4n) is 1.85. The number of Topliss-reactive ketones (excluding diaryl/α,β-unsaturated/α-hetero) is 1. The maximum absolute atomic E-state index is 10.9. The van der Waals surface area contributed by atoms with Crippen LogP contribution in [0.1, 0.15) is 45.2 Å². The quantitative estimate of drug-likeness (QED) is 0.795. The first-order valence-electron chi connectivity index (χ1n) is 6.56. The number of nitrogens with zero attached hydrogens (tertiary/aromatic N) is 1. The van der Waals surface area contributed by atoms with E-state index < -0.39 is 0 Å². The SMILES string of the molecule is CC(=O)CCN(C)Cc1ccc(C(C)(C)C)cc1. The van der Waals surface area contributed by atoms with Crippen LogP contribution < -0.4 is 0 Å². The van der Waals surface area contributed by atoms with Gasteiger partial charge in [0.25, 0.3) is 0 Å². The summed E-state index contributed by atoms with van der Waals surface area (Å²) in [6, 6.07) is 8.78. The third-order valence-electron chi connectivity index (χ3n) is 3.12. The van der Waals surface area contributed by atoms with E-state index in [2.05, 4.69) is 57.0 Å². The first-order chi connectivity index (χ1) is 8.29. The first kappa shape index (κ1) is 14.9. The molecule has 0 fully saturated rings. The van der Waals surface area contributed by atoms with Crippen LogP contribution in [0.5, 0.6) is 0 Å². The van der Waals surface area contributed by atoms with E-state index >= 15 is 0 Å². The van der Waals surface area contributed by atoms with E-state index in [1.54, 1.807) is 6.92 Å². The van der Waals surface area contributed by atoms with Crippen molar-refractivity contribution in [2.75, 3.05) is 13.6 Å². The number of rotatable bonds is 5. The smallest absolute Gasteiger partial charge is 0.131 e. The molecule has 0 unspecified atom stereocenters. The molecule has 0 bridgehead atoms. The number of ketones is 1. The minimum atomic E-state index is 0.207. The monoisotopic (exact) mass is 247 g/mol. The summed E-state index contributed by atoms with van der Waals surface area (Å²) in [6.45, 7) is 10.0. The molecule has 0 N–H and O–H groups in total. The van der Waals surface area contributed by atoms with Crippen molar-refractivity contribution < 1.29 is 4.79 Å². The summed E-state index contributed by atoms with van der Waals surface area (Å²) in [7, 11) is 2.06. The van der Waals surface area contributed by atoms with E-state index in [-0.39, 0.29) is 11.2 Å². The summed E-state index contributed by atoms with van der Waals surface area (Å²) in [5.41, 5.74) is 2.87. The predicted octanol–water partition coefficient (Wildman–Crippen LogP) is 3.40. The summed E-state index contributed by atoms with van der Waals surface area (Å²) < 4.78 is 0. The molecule has 1 aromatic rings. The molecule has 100 valence electrons. The van der Waals surface area contributed by atoms with E-state index in [9.17, 15) is 4.79 Å². The van der Waals surface area contributed by atoms with E-state index in [1.807, 2.05) is 0 Å². The van der Waals surface area contributed by atoms with Gasteiger partial charge in [0.1, 0.15) is 5.78 Å². The Morgan fingerprint density at radius 2 is 1.72 bits per heavy atom. The largest absolute Gasteiger partial charge is 0.302 e. The van der Waals surface area contributed by atoms with Gasteiger partial charge in [-0.05, 0) is 30.5 Å². The first-order valence-corrected chi connectivity index (χ1v) is 6.56. The molecular weight excluding hydrogens is 222 g/mol. The van der Waals surface area contributed by atoms with Gasteiger partial charge in [-0.1, -0.05) is 45.0 Å². The number of hydrogen-bond donors (Lipinski definition) is 0. The van der Waals surface area contributed by atoms with Crippen LogP contribution in [0, 0.1) is 0 Å². The van der Waals surface area contributed by atoms with E-state index in [0.29, 0.717) is 6.42 Å². The molecule has 0 spiro atoms. The van der Waals surface area contributed by atoms with Crippen LogP contribution in [0.15, 0.2) is 24.3 Å². The summed E-state index contributed by atoms with van der Waals surface area (Å²) >= 11 is 0. The molecule has 0 aliphatic heterocycles. The van der Waals surface area contributed by atoms with Gasteiger partial charge in [-0.15, -0.1) is 0 Å². The molecule has 0 heterocycles. The van der Waals surface area contributed by atoms with Crippen LogP contribution in [0.25, 0.3) is 0 Å². The van der Waals surface area contributed by atoms with Crippen molar-refractivity contribution in [2.24, 2.45) is 0 Å². The van der Waals surface area contributed by atoms with Crippen LogP contribution in [0.2, 0.25) is 0 Å². The molecule has 0 saturated heterocycles. The van der Waals surface area contributed by atoms with E-state index in [1.165, 1.54) is 11.1 Å². The molecule has 18 heavy (non-hydrogen) atoms. The molecule has 0 amide bonds. The molecule has 0 saturated carbocycles. The van der Waals surface area contributed by atoms with Gasteiger partial charge in [-0.2, -0.15) is 0 Å². The lowest BCUT2D eigenvalue weighted by Gasteiger charge is -2.20. The topological polar surface area (TPSA) is 20.3 Å². The van der Waals surface area contributed by atoms with Crippen LogP contribution in [0.4, 0.5) is 0 Å². The Hall–Kier alpha value is -1.15. The lowest BCUT2D eigenvalue weighted by molar-refractivity contribution is -0.117. The van der Waals surface area contributed by atoms with E-state index in [4.69, 9.17) is 0 Å². The maximum Gasteiger partial charge on any atom is 0.131 e. The van der Waals surface area contributed by atoms with Crippen molar-refractivity contribution >= 4 is 5.78 Å². The maximum atomic E-state index is 10.9. The van der Waals surface area contributed by atoms with Crippen LogP contribution >= 0.6 is 0 Å². The Balaban J connectivity index is 2.56. The normalized spacial score (nSPS) is 11.9. The minimum Gasteiger partial charge on any atom is -0.302 e. The van der Waals surface area contributed by atoms with Gasteiger partial charge in [0.05, 0.1) is 0 Å². The second-order valence-electron chi connectivity index (χ2n) is 6.14. The Morgan fingerprint density at radius 3 is 2.17 bits per heavy atom. The van der Waals surface area contributed by atoms with Gasteiger partial charge in [0, 0.05) is 19.5 Å². The number of carbonyl (C=O) groups is 1. The zero-order valence-corrected chi connectivity index (χ0v) is 12.3. The molecule has 1 aromatic carbocycles. The summed E-state index contributed by atoms with van der Waals surface area (Å²) in [5, 5.41) is 0. The summed E-state index contributed by atoms with van der Waals surface area (Å²) in [5.74, 6) is 0.255. The molecule has 1 rings (SSSR count). The number of benzene rings is 1. The van der Waals surface area contributed by atoms with Gasteiger partial charge in [0.2, 0.25) is 0 Å².